The summed E-state index contributed by atoms with van der Waals surface area (Å²) < 4.78 is 38.1. The number of H-pyrrole nitrogens is 1. The number of nitrogens with zero attached hydrogens (tertiary/aromatic N) is 1. The van der Waals surface area contributed by atoms with Crippen LogP contribution in [0.15, 0.2) is 21.9 Å². The molecule has 1 aromatic rings. The highest BCUT2D eigenvalue weighted by Crippen LogP contribution is 2.38. The number of carbonyl (C=O) groups excluding carboxylic acids is 1. The van der Waals surface area contributed by atoms with E-state index in [0.717, 1.165) is 23.8 Å². The van der Waals surface area contributed by atoms with Gasteiger partial charge in [0.05, 0.1) is 0 Å². The van der Waals surface area contributed by atoms with Crippen LogP contribution < -0.4 is 11.2 Å². The van der Waals surface area contributed by atoms with Crippen molar-refractivity contribution < 1.29 is 23.0 Å². The largest absolute Gasteiger partial charge is 0.463 e. The second-order valence-electron chi connectivity index (χ2n) is 4.84. The van der Waals surface area contributed by atoms with Crippen molar-refractivity contribution in [2.45, 2.75) is 31.3 Å². The fraction of sp³-hybridized carbons (Fsp3) is 0.583. The van der Waals surface area contributed by atoms with Gasteiger partial charge in [0.1, 0.15) is 25.1 Å². The van der Waals surface area contributed by atoms with Crippen LogP contribution >= 0.6 is 0 Å². The minimum atomic E-state index is -1.68. The number of rotatable bonds is 4. The van der Waals surface area contributed by atoms with Crippen molar-refractivity contribution in [2.75, 3.05) is 13.3 Å². The van der Waals surface area contributed by atoms with E-state index < -0.39 is 48.5 Å². The van der Waals surface area contributed by atoms with Crippen molar-refractivity contribution >= 4 is 5.97 Å². The molecule has 2 heterocycles. The normalized spacial score (nSPS) is 28.5. The summed E-state index contributed by atoms with van der Waals surface area (Å²) in [5.74, 6) is -0.647. The number of alkyl halides is 2. The summed E-state index contributed by atoms with van der Waals surface area (Å²) in [6, 6.07) is 1.03. The molecular formula is C12H14F2N2O5. The summed E-state index contributed by atoms with van der Waals surface area (Å²) in [5, 5.41) is 0. The Hall–Kier alpha value is -2.03. The molecule has 1 aromatic heterocycles. The van der Waals surface area contributed by atoms with Crippen molar-refractivity contribution in [1.29, 1.82) is 0 Å². The van der Waals surface area contributed by atoms with E-state index in [9.17, 15) is 23.2 Å². The lowest BCUT2D eigenvalue weighted by Crippen LogP contribution is -2.39. The average molecular weight is 304 g/mol. The molecule has 0 saturated carbocycles. The van der Waals surface area contributed by atoms with Crippen LogP contribution in [0.4, 0.5) is 8.78 Å². The van der Waals surface area contributed by atoms with E-state index in [1.807, 2.05) is 4.98 Å². The third kappa shape index (κ3) is 3.18. The third-order valence-electron chi connectivity index (χ3n) is 3.15. The Morgan fingerprint density at radius 1 is 1.62 bits per heavy atom. The Morgan fingerprint density at radius 2 is 2.33 bits per heavy atom. The number of ether oxygens (including phenoxy) is 2. The number of nitrogens with one attached hydrogen (secondary N) is 1. The van der Waals surface area contributed by atoms with Crippen molar-refractivity contribution in [3.8, 4) is 0 Å². The van der Waals surface area contributed by atoms with Gasteiger partial charge in [-0.1, -0.05) is 0 Å². The molecule has 116 valence electrons. The molecule has 0 aliphatic carbocycles. The molecule has 1 aliphatic rings. The smallest absolute Gasteiger partial charge is 0.330 e. The lowest BCUT2D eigenvalue weighted by molar-refractivity contribution is -0.158. The summed E-state index contributed by atoms with van der Waals surface area (Å²) >= 11 is 0. The number of esters is 1. The first-order chi connectivity index (χ1) is 9.87. The average Bonchev–Trinajstić information content (AvgIpc) is 2.74. The number of aromatic nitrogens is 2. The van der Waals surface area contributed by atoms with Gasteiger partial charge in [0.25, 0.3) is 5.56 Å². The fourth-order valence-corrected chi connectivity index (χ4v) is 2.14. The Labute approximate surface area is 117 Å². The molecule has 0 bridgehead atoms. The van der Waals surface area contributed by atoms with E-state index in [2.05, 4.69) is 4.74 Å². The second kappa shape index (κ2) is 5.76. The zero-order valence-corrected chi connectivity index (χ0v) is 11.2. The topological polar surface area (TPSA) is 90.4 Å². The van der Waals surface area contributed by atoms with E-state index in [-0.39, 0.29) is 6.42 Å². The lowest BCUT2D eigenvalue weighted by atomic mass is 10.0. The van der Waals surface area contributed by atoms with Gasteiger partial charge >= 0.3 is 11.7 Å². The van der Waals surface area contributed by atoms with Crippen molar-refractivity contribution in [3.05, 3.63) is 33.1 Å². The first kappa shape index (κ1) is 15.4. The predicted molar refractivity (Wildman–Crippen MR) is 66.3 cm³/mol. The number of carbonyl (C=O) groups is 1. The van der Waals surface area contributed by atoms with E-state index in [0.29, 0.717) is 0 Å². The molecule has 1 aliphatic heterocycles. The minimum Gasteiger partial charge on any atom is -0.463 e. The highest BCUT2D eigenvalue weighted by atomic mass is 19.1. The maximum atomic E-state index is 14.1. The Kier molecular flexibility index (Phi) is 4.21. The molecule has 0 aromatic carbocycles. The van der Waals surface area contributed by atoms with E-state index in [4.69, 9.17) is 4.74 Å². The Bertz CT molecular complexity index is 643. The molecule has 9 heteroatoms. The number of halogens is 2. The van der Waals surface area contributed by atoms with Gasteiger partial charge in [0.2, 0.25) is 0 Å². The van der Waals surface area contributed by atoms with Gasteiger partial charge in [0.15, 0.2) is 6.23 Å². The molecule has 1 N–H and O–H groups in total. The van der Waals surface area contributed by atoms with Gasteiger partial charge in [-0.05, 0) is 0 Å². The summed E-state index contributed by atoms with van der Waals surface area (Å²) in [5.41, 5.74) is -3.13. The Balaban J connectivity index is 2.25. The second-order valence-corrected chi connectivity index (χ2v) is 4.84. The Morgan fingerprint density at radius 3 is 2.90 bits per heavy atom. The molecule has 7 nitrogen and oxygen atoms in total. The number of hydrogen-bond donors (Lipinski definition) is 1. The van der Waals surface area contributed by atoms with Crippen LogP contribution in [0.5, 0.6) is 0 Å². The van der Waals surface area contributed by atoms with Gasteiger partial charge in [-0.2, -0.15) is 0 Å². The number of aromatic amines is 1. The molecule has 21 heavy (non-hydrogen) atoms. The summed E-state index contributed by atoms with van der Waals surface area (Å²) in [7, 11) is 0. The maximum absolute atomic E-state index is 14.1. The van der Waals surface area contributed by atoms with Crippen molar-refractivity contribution in [2.24, 2.45) is 0 Å². The van der Waals surface area contributed by atoms with Crippen molar-refractivity contribution in [1.82, 2.24) is 9.55 Å². The monoisotopic (exact) mass is 304 g/mol. The molecule has 1 saturated heterocycles. The molecular weight excluding hydrogens is 290 g/mol. The van der Waals surface area contributed by atoms with Crippen LogP contribution in [0.25, 0.3) is 0 Å². The number of hydrogen-bond acceptors (Lipinski definition) is 5. The highest BCUT2D eigenvalue weighted by Gasteiger charge is 2.49. The maximum Gasteiger partial charge on any atom is 0.330 e. The van der Waals surface area contributed by atoms with Crippen LogP contribution in [0.2, 0.25) is 0 Å². The summed E-state index contributed by atoms with van der Waals surface area (Å²) in [6.07, 6.45) is -2.37. The van der Waals surface area contributed by atoms with Gasteiger partial charge in [-0.25, -0.2) is 13.6 Å². The molecule has 0 radical (unpaired) electrons. The van der Waals surface area contributed by atoms with Gasteiger partial charge in [-0.15, -0.1) is 0 Å². The van der Waals surface area contributed by atoms with E-state index >= 15 is 0 Å². The first-order valence-corrected chi connectivity index (χ1v) is 6.19. The summed E-state index contributed by atoms with van der Waals surface area (Å²) in [6.45, 7) is -0.388. The minimum absolute atomic E-state index is 0.368. The van der Waals surface area contributed by atoms with Crippen LogP contribution in [-0.2, 0) is 14.3 Å². The molecule has 1 fully saturated rings. The first-order valence-electron chi connectivity index (χ1n) is 6.19. The van der Waals surface area contributed by atoms with Crippen LogP contribution in [0.3, 0.4) is 0 Å². The van der Waals surface area contributed by atoms with E-state index in [1.54, 1.807) is 0 Å². The standard InChI is InChI=1S/C12H14F2N2O5/c1-7(17)20-6-12(5-13)4-8(14)10(21-12)16-3-2-9(18)15-11(16)19/h2-3,8,10H,4-6H2,1H3,(H,15,18,19)/t8-,10-,12-/m1/s1. The molecule has 3 atom stereocenters. The lowest BCUT2D eigenvalue weighted by Gasteiger charge is -2.25. The molecule has 0 spiro atoms. The van der Waals surface area contributed by atoms with Crippen LogP contribution in [-0.4, -0.2) is 40.6 Å². The van der Waals surface area contributed by atoms with Crippen LogP contribution in [0, 0.1) is 0 Å². The SMILES string of the molecule is CC(=O)OC[C@]1(CF)C[C@@H](F)[C@H](n2ccc(=O)[nH]c2=O)O1. The molecule has 2 rings (SSSR count). The van der Waals surface area contributed by atoms with Gasteiger partial charge in [-0.3, -0.25) is 19.1 Å². The quantitative estimate of drug-likeness (QED) is 0.795. The highest BCUT2D eigenvalue weighted by molar-refractivity contribution is 5.65. The van der Waals surface area contributed by atoms with Crippen LogP contribution in [0.1, 0.15) is 19.6 Å². The zero-order chi connectivity index (χ0) is 15.6. The van der Waals surface area contributed by atoms with Gasteiger partial charge < -0.3 is 9.47 Å². The fourth-order valence-electron chi connectivity index (χ4n) is 2.14. The zero-order valence-electron chi connectivity index (χ0n) is 11.2. The molecule has 0 amide bonds. The van der Waals surface area contributed by atoms with E-state index in [1.165, 1.54) is 0 Å². The van der Waals surface area contributed by atoms with Crippen molar-refractivity contribution in [3.63, 3.8) is 0 Å². The van der Waals surface area contributed by atoms with Gasteiger partial charge in [0, 0.05) is 25.6 Å². The predicted octanol–water partition coefficient (Wildman–Crippen LogP) is 0.0650. The third-order valence-corrected chi connectivity index (χ3v) is 3.15. The molecule has 0 unspecified atom stereocenters. The summed E-state index contributed by atoms with van der Waals surface area (Å²) in [4.78, 5) is 35.4.